The van der Waals surface area contributed by atoms with Gasteiger partial charge in [-0.2, -0.15) is 5.10 Å². The second kappa shape index (κ2) is 7.92. The maximum Gasteiger partial charge on any atom is 0.220 e. The highest BCUT2D eigenvalue weighted by Gasteiger charge is 2.08. The smallest absolute Gasteiger partial charge is 0.220 e. The summed E-state index contributed by atoms with van der Waals surface area (Å²) >= 11 is 0. The molecular formula is C18H25N3O2. The predicted octanol–water partition coefficient (Wildman–Crippen LogP) is 2.57. The van der Waals surface area contributed by atoms with Gasteiger partial charge in [0.05, 0.1) is 18.0 Å². The number of methoxy groups -OCH3 is 1. The third kappa shape index (κ3) is 4.93. The molecule has 0 fully saturated rings. The normalized spacial score (nSPS) is 12.2. The van der Waals surface area contributed by atoms with Crippen LogP contribution in [0.1, 0.15) is 30.3 Å². The Labute approximate surface area is 137 Å². The molecule has 1 N–H and O–H groups in total. The van der Waals surface area contributed by atoms with Gasteiger partial charge in [-0.05, 0) is 51.0 Å². The van der Waals surface area contributed by atoms with Crippen LogP contribution in [0.3, 0.4) is 0 Å². The zero-order valence-electron chi connectivity index (χ0n) is 14.3. The Balaban J connectivity index is 1.90. The van der Waals surface area contributed by atoms with Gasteiger partial charge < -0.3 is 10.1 Å². The summed E-state index contributed by atoms with van der Waals surface area (Å²) in [7, 11) is 1.63. The number of hydrogen-bond donors (Lipinski definition) is 1. The lowest BCUT2D eigenvalue weighted by atomic mass is 10.1. The quantitative estimate of drug-likeness (QED) is 0.854. The number of nitrogens with one attached hydrogen (secondary N) is 1. The summed E-state index contributed by atoms with van der Waals surface area (Å²) in [6.07, 6.45) is 1.20. The van der Waals surface area contributed by atoms with Crippen molar-refractivity contribution < 1.29 is 9.53 Å². The van der Waals surface area contributed by atoms with E-state index < -0.39 is 0 Å². The zero-order valence-corrected chi connectivity index (χ0v) is 14.3. The van der Waals surface area contributed by atoms with Gasteiger partial charge in [-0.3, -0.25) is 4.79 Å². The lowest BCUT2D eigenvalue weighted by Crippen LogP contribution is -2.35. The van der Waals surface area contributed by atoms with Crippen LogP contribution < -0.4 is 5.32 Å². The molecule has 0 bridgehead atoms. The minimum atomic E-state index is 0.0425. The third-order valence-electron chi connectivity index (χ3n) is 3.66. The van der Waals surface area contributed by atoms with E-state index in [0.717, 1.165) is 29.1 Å². The van der Waals surface area contributed by atoms with Crippen LogP contribution in [-0.2, 0) is 16.0 Å². The van der Waals surface area contributed by atoms with Crippen molar-refractivity contribution in [1.82, 2.24) is 15.1 Å². The van der Waals surface area contributed by atoms with Crippen LogP contribution in [0.15, 0.2) is 30.3 Å². The topological polar surface area (TPSA) is 56.1 Å². The van der Waals surface area contributed by atoms with Gasteiger partial charge in [0.1, 0.15) is 0 Å². The molecule has 0 spiro atoms. The Morgan fingerprint density at radius 3 is 2.57 bits per heavy atom. The Morgan fingerprint density at radius 1 is 1.30 bits per heavy atom. The van der Waals surface area contributed by atoms with Crippen molar-refractivity contribution in [2.45, 2.75) is 39.7 Å². The minimum absolute atomic E-state index is 0.0425. The number of nitrogens with zero attached hydrogens (tertiary/aromatic N) is 2. The van der Waals surface area contributed by atoms with Gasteiger partial charge in [-0.1, -0.05) is 12.1 Å². The standard InChI is InChI=1S/C18H25N3O2/c1-13-11-15(3)21(20-13)17-8-5-16(6-9-17)7-10-18(22)19-14(2)12-23-4/h5-6,8-9,11,14H,7,10,12H2,1-4H3,(H,19,22). The molecule has 124 valence electrons. The Morgan fingerprint density at radius 2 is 2.00 bits per heavy atom. The van der Waals surface area contributed by atoms with Gasteiger partial charge in [0.25, 0.3) is 0 Å². The zero-order chi connectivity index (χ0) is 16.8. The van der Waals surface area contributed by atoms with Crippen molar-refractivity contribution >= 4 is 5.91 Å². The van der Waals surface area contributed by atoms with E-state index in [2.05, 4.69) is 28.6 Å². The van der Waals surface area contributed by atoms with E-state index in [1.165, 1.54) is 0 Å². The third-order valence-corrected chi connectivity index (χ3v) is 3.66. The van der Waals surface area contributed by atoms with Crippen LogP contribution in [0.4, 0.5) is 0 Å². The largest absolute Gasteiger partial charge is 0.383 e. The molecule has 0 saturated carbocycles. The van der Waals surface area contributed by atoms with Gasteiger partial charge in [0.15, 0.2) is 0 Å². The number of carbonyl (C=O) groups excluding carboxylic acids is 1. The van der Waals surface area contributed by atoms with E-state index in [1.54, 1.807) is 7.11 Å². The van der Waals surface area contributed by atoms with Crippen LogP contribution in [0.2, 0.25) is 0 Å². The number of benzene rings is 1. The van der Waals surface area contributed by atoms with Gasteiger partial charge >= 0.3 is 0 Å². The predicted molar refractivity (Wildman–Crippen MR) is 90.8 cm³/mol. The van der Waals surface area contributed by atoms with Crippen molar-refractivity contribution in [3.63, 3.8) is 0 Å². The average molecular weight is 315 g/mol. The van der Waals surface area contributed by atoms with Crippen molar-refractivity contribution in [3.8, 4) is 5.69 Å². The molecule has 5 heteroatoms. The molecule has 23 heavy (non-hydrogen) atoms. The summed E-state index contributed by atoms with van der Waals surface area (Å²) in [5.41, 5.74) is 4.30. The Hall–Kier alpha value is -2.14. The fourth-order valence-electron chi connectivity index (χ4n) is 2.59. The number of hydrogen-bond acceptors (Lipinski definition) is 3. The molecular weight excluding hydrogens is 290 g/mol. The van der Waals surface area contributed by atoms with Crippen LogP contribution in [-0.4, -0.2) is 35.4 Å². The first-order chi connectivity index (χ1) is 11.0. The van der Waals surface area contributed by atoms with Crippen LogP contribution in [0, 0.1) is 13.8 Å². The molecule has 1 aromatic heterocycles. The maximum absolute atomic E-state index is 11.9. The molecule has 2 rings (SSSR count). The van der Waals surface area contributed by atoms with E-state index >= 15 is 0 Å². The molecule has 0 aliphatic heterocycles. The summed E-state index contributed by atoms with van der Waals surface area (Å²) in [5, 5.41) is 7.40. The molecule has 2 aromatic rings. The molecule has 1 heterocycles. The molecule has 1 unspecified atom stereocenters. The van der Waals surface area contributed by atoms with Gasteiger partial charge in [-0.15, -0.1) is 0 Å². The summed E-state index contributed by atoms with van der Waals surface area (Å²) in [5.74, 6) is 0.0529. The highest BCUT2D eigenvalue weighted by Crippen LogP contribution is 2.14. The highest BCUT2D eigenvalue weighted by molar-refractivity contribution is 5.76. The van der Waals surface area contributed by atoms with Gasteiger partial charge in [0.2, 0.25) is 5.91 Å². The molecule has 0 saturated heterocycles. The molecule has 0 aliphatic carbocycles. The Kier molecular flexibility index (Phi) is 5.93. The fourth-order valence-corrected chi connectivity index (χ4v) is 2.59. The summed E-state index contributed by atoms with van der Waals surface area (Å²) in [6.45, 7) is 6.49. The lowest BCUT2D eigenvalue weighted by Gasteiger charge is -2.12. The van der Waals surface area contributed by atoms with Crippen LogP contribution >= 0.6 is 0 Å². The second-order valence-corrected chi connectivity index (χ2v) is 5.93. The lowest BCUT2D eigenvalue weighted by molar-refractivity contribution is -0.122. The van der Waals surface area contributed by atoms with Crippen molar-refractivity contribution in [3.05, 3.63) is 47.3 Å². The first kappa shape index (κ1) is 17.2. The SMILES string of the molecule is COCC(C)NC(=O)CCc1ccc(-n2nc(C)cc2C)cc1. The first-order valence-electron chi connectivity index (χ1n) is 7.90. The monoisotopic (exact) mass is 315 g/mol. The maximum atomic E-state index is 11.9. The Bertz CT molecular complexity index is 647. The molecule has 1 atom stereocenters. The summed E-state index contributed by atoms with van der Waals surface area (Å²) in [4.78, 5) is 11.9. The van der Waals surface area contributed by atoms with E-state index in [-0.39, 0.29) is 11.9 Å². The first-order valence-corrected chi connectivity index (χ1v) is 7.90. The van der Waals surface area contributed by atoms with E-state index in [0.29, 0.717) is 13.0 Å². The van der Waals surface area contributed by atoms with E-state index in [4.69, 9.17) is 4.74 Å². The summed E-state index contributed by atoms with van der Waals surface area (Å²) < 4.78 is 6.94. The van der Waals surface area contributed by atoms with E-state index in [1.807, 2.05) is 37.6 Å². The molecule has 1 amide bonds. The van der Waals surface area contributed by atoms with Crippen molar-refractivity contribution in [2.24, 2.45) is 0 Å². The van der Waals surface area contributed by atoms with Crippen molar-refractivity contribution in [2.75, 3.05) is 13.7 Å². The number of amides is 1. The van der Waals surface area contributed by atoms with Gasteiger partial charge in [-0.25, -0.2) is 4.68 Å². The number of aryl methyl sites for hydroxylation is 3. The van der Waals surface area contributed by atoms with Crippen LogP contribution in [0.25, 0.3) is 5.69 Å². The number of rotatable bonds is 7. The minimum Gasteiger partial charge on any atom is -0.383 e. The second-order valence-electron chi connectivity index (χ2n) is 5.93. The van der Waals surface area contributed by atoms with Crippen LogP contribution in [0.5, 0.6) is 0 Å². The van der Waals surface area contributed by atoms with Crippen molar-refractivity contribution in [1.29, 1.82) is 0 Å². The number of carbonyl (C=O) groups is 1. The molecule has 0 aliphatic rings. The molecule has 0 radical (unpaired) electrons. The number of aromatic nitrogens is 2. The fraction of sp³-hybridized carbons (Fsp3) is 0.444. The summed E-state index contributed by atoms with van der Waals surface area (Å²) in [6, 6.07) is 10.3. The highest BCUT2D eigenvalue weighted by atomic mass is 16.5. The van der Waals surface area contributed by atoms with Gasteiger partial charge in [0, 0.05) is 25.3 Å². The molecule has 1 aromatic carbocycles. The number of ether oxygens (including phenoxy) is 1. The molecule has 5 nitrogen and oxygen atoms in total. The van der Waals surface area contributed by atoms with E-state index in [9.17, 15) is 4.79 Å². The average Bonchev–Trinajstić information content (AvgIpc) is 2.84.